The first-order valence-electron chi connectivity index (χ1n) is 3.97. The lowest BCUT2D eigenvalue weighted by Crippen LogP contribution is -2.51. The molecular weight excluding hydrogens is 214 g/mol. The van der Waals surface area contributed by atoms with Crippen molar-refractivity contribution in [3.8, 4) is 0 Å². The van der Waals surface area contributed by atoms with Crippen LogP contribution in [0.25, 0.3) is 0 Å². The summed E-state index contributed by atoms with van der Waals surface area (Å²) in [7, 11) is 0. The third kappa shape index (κ3) is 3.66. The van der Waals surface area contributed by atoms with Gasteiger partial charge in [0.15, 0.2) is 6.10 Å². The van der Waals surface area contributed by atoms with Crippen LogP contribution in [0.5, 0.6) is 0 Å². The molecule has 0 aliphatic heterocycles. The van der Waals surface area contributed by atoms with Crippen molar-refractivity contribution in [2.24, 2.45) is 0 Å². The molecule has 0 aromatic rings. The van der Waals surface area contributed by atoms with E-state index in [9.17, 15) is 10.1 Å². The largest absolute Gasteiger partial charge is 0.394 e. The van der Waals surface area contributed by atoms with Gasteiger partial charge in [-0.1, -0.05) is 0 Å². The first kappa shape index (κ1) is 14.2. The number of aliphatic hydroxyl groups is 6. The van der Waals surface area contributed by atoms with Gasteiger partial charge in [0.2, 0.25) is 0 Å². The summed E-state index contributed by atoms with van der Waals surface area (Å²) < 4.78 is 0. The van der Waals surface area contributed by atoms with Gasteiger partial charge in [-0.05, 0) is 0 Å². The second-order valence-corrected chi connectivity index (χ2v) is 2.92. The van der Waals surface area contributed by atoms with Gasteiger partial charge in [0.25, 0.3) is 0 Å². The molecular formula is C6H13NO8. The Morgan fingerprint density at radius 3 is 1.80 bits per heavy atom. The quantitative estimate of drug-likeness (QED) is 0.152. The molecule has 0 bridgehead atoms. The van der Waals surface area contributed by atoms with Crippen molar-refractivity contribution in [2.75, 3.05) is 6.61 Å². The Morgan fingerprint density at radius 1 is 1.00 bits per heavy atom. The Hall–Kier alpha value is -0.840. The second kappa shape index (κ2) is 5.90. The molecule has 0 rings (SSSR count). The summed E-state index contributed by atoms with van der Waals surface area (Å²) in [6, 6.07) is 0. The lowest BCUT2D eigenvalue weighted by molar-refractivity contribution is -0.585. The zero-order valence-electron chi connectivity index (χ0n) is 7.54. The third-order valence-corrected chi connectivity index (χ3v) is 1.80. The molecule has 90 valence electrons. The highest BCUT2D eigenvalue weighted by Gasteiger charge is 2.39. The molecule has 0 aromatic heterocycles. The van der Waals surface area contributed by atoms with E-state index >= 15 is 0 Å². The molecule has 0 aliphatic rings. The number of rotatable bonds is 6. The molecule has 0 fully saturated rings. The van der Waals surface area contributed by atoms with Gasteiger partial charge in [-0.15, -0.1) is 0 Å². The first-order valence-corrected chi connectivity index (χ1v) is 3.97. The van der Waals surface area contributed by atoms with Crippen LogP contribution in [0.1, 0.15) is 0 Å². The standard InChI is InChI=1S/C6H13NO8/c8-1-2(9)3(10)4(11)5(12)6(13)7(14)15/h2-6,8-13H,1H2/t2-,3-,4+,5+,6?/m1/s1. The van der Waals surface area contributed by atoms with Gasteiger partial charge in [-0.2, -0.15) is 0 Å². The van der Waals surface area contributed by atoms with Crippen molar-refractivity contribution in [2.45, 2.75) is 30.6 Å². The number of aliphatic hydroxyl groups excluding tert-OH is 6. The van der Waals surface area contributed by atoms with E-state index in [0.717, 1.165) is 0 Å². The molecule has 15 heavy (non-hydrogen) atoms. The summed E-state index contributed by atoms with van der Waals surface area (Å²) in [6.45, 7) is -0.903. The van der Waals surface area contributed by atoms with Gasteiger partial charge >= 0.3 is 6.23 Å². The van der Waals surface area contributed by atoms with Crippen molar-refractivity contribution in [1.29, 1.82) is 0 Å². The first-order chi connectivity index (χ1) is 6.82. The summed E-state index contributed by atoms with van der Waals surface area (Å²) in [6.07, 6.45) is -10.7. The highest BCUT2D eigenvalue weighted by Crippen LogP contribution is 2.08. The molecule has 1 unspecified atom stereocenters. The maximum absolute atomic E-state index is 10.00. The average molecular weight is 227 g/mol. The highest BCUT2D eigenvalue weighted by atomic mass is 16.7. The molecule has 9 heteroatoms. The molecule has 0 radical (unpaired) electrons. The SMILES string of the molecule is O=[N+]([O-])C(O)[C@@H](O)[C@@H](O)[C@H](O)[C@H](O)CO. The van der Waals surface area contributed by atoms with Crippen LogP contribution in [0.15, 0.2) is 0 Å². The summed E-state index contributed by atoms with van der Waals surface area (Å²) in [4.78, 5) is 8.73. The minimum Gasteiger partial charge on any atom is -0.394 e. The summed E-state index contributed by atoms with van der Waals surface area (Å²) in [5, 5.41) is 63.0. The van der Waals surface area contributed by atoms with Crippen LogP contribution in [0.3, 0.4) is 0 Å². The van der Waals surface area contributed by atoms with Crippen LogP contribution in [-0.4, -0.2) is 72.8 Å². The van der Waals surface area contributed by atoms with Gasteiger partial charge in [0.1, 0.15) is 18.3 Å². The topological polar surface area (TPSA) is 165 Å². The molecule has 0 saturated carbocycles. The predicted octanol–water partition coefficient (Wildman–Crippen LogP) is -3.98. The van der Waals surface area contributed by atoms with Crippen molar-refractivity contribution >= 4 is 0 Å². The molecule has 0 spiro atoms. The zero-order valence-corrected chi connectivity index (χ0v) is 7.54. The van der Waals surface area contributed by atoms with Crippen molar-refractivity contribution in [1.82, 2.24) is 0 Å². The lowest BCUT2D eigenvalue weighted by Gasteiger charge is -2.25. The van der Waals surface area contributed by atoms with Crippen molar-refractivity contribution < 1.29 is 35.6 Å². The smallest absolute Gasteiger partial charge is 0.341 e. The summed E-state index contributed by atoms with van der Waals surface area (Å²) in [5.41, 5.74) is 0. The van der Waals surface area contributed by atoms with Gasteiger partial charge in [-0.3, -0.25) is 10.1 Å². The fourth-order valence-corrected chi connectivity index (χ4v) is 0.839. The van der Waals surface area contributed by atoms with E-state index in [2.05, 4.69) is 0 Å². The van der Waals surface area contributed by atoms with Gasteiger partial charge in [-0.25, -0.2) is 0 Å². The van der Waals surface area contributed by atoms with E-state index in [1.165, 1.54) is 0 Å². The monoisotopic (exact) mass is 227 g/mol. The Labute approximate surface area is 84.0 Å². The molecule has 0 amide bonds. The molecule has 0 heterocycles. The Bertz CT molecular complexity index is 211. The number of hydrogen-bond donors (Lipinski definition) is 6. The molecule has 5 atom stereocenters. The van der Waals surface area contributed by atoms with Crippen LogP contribution < -0.4 is 0 Å². The van der Waals surface area contributed by atoms with Crippen LogP contribution in [-0.2, 0) is 0 Å². The number of nitrogens with zero attached hydrogens (tertiary/aromatic N) is 1. The minimum absolute atomic E-state index is 0.903. The molecule has 0 saturated heterocycles. The van der Waals surface area contributed by atoms with Crippen LogP contribution in [0, 0.1) is 10.1 Å². The number of hydrogen-bond acceptors (Lipinski definition) is 8. The van der Waals surface area contributed by atoms with E-state index in [1.54, 1.807) is 0 Å². The maximum atomic E-state index is 10.00. The highest BCUT2D eigenvalue weighted by molar-refractivity contribution is 4.81. The zero-order chi connectivity index (χ0) is 12.2. The van der Waals surface area contributed by atoms with E-state index in [4.69, 9.17) is 30.6 Å². The van der Waals surface area contributed by atoms with Crippen LogP contribution in [0.2, 0.25) is 0 Å². The molecule has 0 aliphatic carbocycles. The fourth-order valence-electron chi connectivity index (χ4n) is 0.839. The second-order valence-electron chi connectivity index (χ2n) is 2.92. The Kier molecular flexibility index (Phi) is 5.57. The predicted molar refractivity (Wildman–Crippen MR) is 44.1 cm³/mol. The third-order valence-electron chi connectivity index (χ3n) is 1.80. The lowest BCUT2D eigenvalue weighted by atomic mass is 10.0. The molecule has 9 nitrogen and oxygen atoms in total. The van der Waals surface area contributed by atoms with Crippen LogP contribution in [0.4, 0.5) is 0 Å². The Balaban J connectivity index is 4.42. The summed E-state index contributed by atoms with van der Waals surface area (Å²) >= 11 is 0. The summed E-state index contributed by atoms with van der Waals surface area (Å²) in [5.74, 6) is 0. The average Bonchev–Trinajstić information content (AvgIpc) is 2.23. The van der Waals surface area contributed by atoms with Gasteiger partial charge < -0.3 is 30.6 Å². The molecule has 6 N–H and O–H groups in total. The maximum Gasteiger partial charge on any atom is 0.341 e. The fraction of sp³-hybridized carbons (Fsp3) is 1.00. The van der Waals surface area contributed by atoms with Gasteiger partial charge in [0.05, 0.1) is 11.5 Å². The van der Waals surface area contributed by atoms with E-state index < -0.39 is 42.2 Å². The van der Waals surface area contributed by atoms with E-state index in [1.807, 2.05) is 0 Å². The normalized spacial score (nSPS) is 21.5. The van der Waals surface area contributed by atoms with Gasteiger partial charge in [0, 0.05) is 0 Å². The van der Waals surface area contributed by atoms with E-state index in [0.29, 0.717) is 0 Å². The van der Waals surface area contributed by atoms with Crippen molar-refractivity contribution in [3.05, 3.63) is 10.1 Å². The van der Waals surface area contributed by atoms with Crippen molar-refractivity contribution in [3.63, 3.8) is 0 Å². The minimum atomic E-state index is -2.49. The van der Waals surface area contributed by atoms with Crippen LogP contribution >= 0.6 is 0 Å². The number of nitro groups is 1. The van der Waals surface area contributed by atoms with E-state index in [-0.39, 0.29) is 0 Å². The Morgan fingerprint density at radius 2 is 1.47 bits per heavy atom. The molecule has 0 aromatic carbocycles.